The number of nitrogens with zero attached hydrogens (tertiary/aromatic N) is 7. The molecule has 2 saturated heterocycles. The second kappa shape index (κ2) is 28.5. The van der Waals surface area contributed by atoms with Gasteiger partial charge in [0.25, 0.3) is 11.8 Å². The van der Waals surface area contributed by atoms with Crippen molar-refractivity contribution < 1.29 is 57.8 Å². The van der Waals surface area contributed by atoms with Crippen molar-refractivity contribution in [3.63, 3.8) is 0 Å². The summed E-state index contributed by atoms with van der Waals surface area (Å²) in [5.74, 6) is -8.26. The molecule has 3 rings (SSSR count). The summed E-state index contributed by atoms with van der Waals surface area (Å²) in [7, 11) is 8.17. The molecule has 432 valence electrons. The monoisotopic (exact) mass is 1080 g/mol. The van der Waals surface area contributed by atoms with Crippen molar-refractivity contribution in [2.24, 2.45) is 11.8 Å². The number of likely N-dealkylation sites (tertiary alicyclic amines) is 1. The van der Waals surface area contributed by atoms with Crippen molar-refractivity contribution in [3.8, 4) is 0 Å². The van der Waals surface area contributed by atoms with Crippen LogP contribution in [0.3, 0.4) is 0 Å². The summed E-state index contributed by atoms with van der Waals surface area (Å²) >= 11 is 0. The molecule has 4 N–H and O–H groups in total. The van der Waals surface area contributed by atoms with Gasteiger partial charge in [-0.2, -0.15) is 0 Å². The van der Waals surface area contributed by atoms with Crippen LogP contribution in [-0.4, -0.2) is 227 Å². The van der Waals surface area contributed by atoms with Gasteiger partial charge in [0.05, 0.1) is 18.3 Å². The minimum atomic E-state index is -1.88. The lowest BCUT2D eigenvalue weighted by Crippen LogP contribution is -2.64. The van der Waals surface area contributed by atoms with Crippen LogP contribution in [0.25, 0.3) is 0 Å². The predicted molar refractivity (Wildman–Crippen MR) is 289 cm³/mol. The minimum Gasteiger partial charge on any atom is -0.391 e. The number of aliphatic hydroxyl groups excluding tert-OH is 1. The Kier molecular flexibility index (Phi) is 24.1. The van der Waals surface area contributed by atoms with Crippen LogP contribution in [0.2, 0.25) is 0 Å². The van der Waals surface area contributed by atoms with Crippen molar-refractivity contribution in [3.05, 3.63) is 35.9 Å². The van der Waals surface area contributed by atoms with Crippen LogP contribution in [0, 0.1) is 11.8 Å². The van der Waals surface area contributed by atoms with E-state index in [1.165, 1.54) is 84.7 Å². The fraction of sp³-hybridized carbons (Fsp3) is 0.709. The highest BCUT2D eigenvalue weighted by Crippen LogP contribution is 2.21. The molecule has 0 spiro atoms. The second-order valence-corrected chi connectivity index (χ2v) is 22.8. The highest BCUT2D eigenvalue weighted by Gasteiger charge is 2.44. The molecule has 2 fully saturated rings. The SMILES string of the molecule is CC(C)C[C@H]1C(=O)N[C@@H](COC(C)(C)C)C(=O)NC(C(=O)N2CCCCC2)C(=O)N(C)[C@@H](C)C(=O)N(C)[C@@H](C)C(=O)N(C)[C@@H](Cc2ccccc2)C(=O)N(C)[C@@H](CC(C)C)C(=O)N[C@@H](C(C)O)C(=O)N(C)[C@@H](C)C(=O)N1C. The number of benzene rings is 1. The quantitative estimate of drug-likeness (QED) is 0.240. The third-order valence-electron chi connectivity index (χ3n) is 14.7. The zero-order chi connectivity index (χ0) is 58.5. The Labute approximate surface area is 456 Å². The molecule has 0 aromatic heterocycles. The maximum atomic E-state index is 15.0. The number of rotatable bonds is 10. The van der Waals surface area contributed by atoms with Gasteiger partial charge in [-0.1, -0.05) is 58.0 Å². The van der Waals surface area contributed by atoms with Gasteiger partial charge in [0.1, 0.15) is 48.3 Å². The van der Waals surface area contributed by atoms with Crippen LogP contribution in [0.5, 0.6) is 0 Å². The lowest BCUT2D eigenvalue weighted by atomic mass is 9.98. The normalized spacial score (nSPS) is 27.0. The molecule has 77 heavy (non-hydrogen) atoms. The summed E-state index contributed by atoms with van der Waals surface area (Å²) in [6, 6.07) is -3.76. The Hall–Kier alpha value is -6.16. The molecule has 10 amide bonds. The number of piperidine rings is 1. The van der Waals surface area contributed by atoms with Crippen LogP contribution in [0.1, 0.15) is 114 Å². The van der Waals surface area contributed by atoms with E-state index in [1.54, 1.807) is 51.1 Å². The van der Waals surface area contributed by atoms with Crippen molar-refractivity contribution in [1.82, 2.24) is 50.2 Å². The number of ether oxygens (including phenoxy) is 1. The van der Waals surface area contributed by atoms with E-state index in [0.717, 1.165) is 26.0 Å². The molecule has 22 nitrogen and oxygen atoms in total. The van der Waals surface area contributed by atoms with Gasteiger partial charge < -0.3 is 60.1 Å². The molecule has 10 atom stereocenters. The first-order chi connectivity index (χ1) is 35.7. The van der Waals surface area contributed by atoms with E-state index in [-0.39, 0.29) is 31.1 Å². The van der Waals surface area contributed by atoms with Crippen molar-refractivity contribution in [2.45, 2.75) is 181 Å². The number of carbonyl (C=O) groups is 10. The molecule has 1 aromatic rings. The van der Waals surface area contributed by atoms with E-state index in [4.69, 9.17) is 4.74 Å². The topological polar surface area (TPSA) is 259 Å². The highest BCUT2D eigenvalue weighted by atomic mass is 16.5. The Morgan fingerprint density at radius 2 is 1.00 bits per heavy atom. The van der Waals surface area contributed by atoms with Crippen LogP contribution in [-0.2, 0) is 59.1 Å². The van der Waals surface area contributed by atoms with E-state index in [2.05, 4.69) is 16.0 Å². The number of hydrogen-bond acceptors (Lipinski definition) is 12. The standard InChI is InChI=1S/C55H90N10O12/c1-32(2)28-40-46(68)56-39(31-77-55(9,10)11)45(67)58-44(54(76)65-26-22-19-23-27-65)53(75)61(14)34(5)48(70)59(12)35(6)50(72)64(17)42(30-38-24-20-18-21-25-38)51(73)63(16)41(29-33(3)4)47(69)57-43(37(8)66)52(74)60(13)36(7)49(71)62(40)15/h18,20-21,24-25,32-37,39-44,66H,19,22-23,26-31H2,1-17H3,(H,56,68)(H,57,69)(H,58,67)/t34-,35-,36-,37?,39-,40-,41-,42-,43-,44?/m0/s1. The van der Waals surface area contributed by atoms with E-state index >= 15 is 0 Å². The number of amides is 10. The van der Waals surface area contributed by atoms with Gasteiger partial charge in [-0.05, 0) is 98.0 Å². The zero-order valence-corrected chi connectivity index (χ0v) is 48.7. The summed E-state index contributed by atoms with van der Waals surface area (Å²) < 4.78 is 6.02. The zero-order valence-electron chi connectivity index (χ0n) is 48.7. The van der Waals surface area contributed by atoms with E-state index in [0.29, 0.717) is 31.5 Å². The number of likely N-dealkylation sites (N-methyl/N-ethyl adjacent to an activating group) is 6. The first-order valence-corrected chi connectivity index (χ1v) is 26.9. The van der Waals surface area contributed by atoms with Crippen molar-refractivity contribution in [2.75, 3.05) is 62.0 Å². The molecule has 2 heterocycles. The van der Waals surface area contributed by atoms with E-state index in [9.17, 15) is 53.1 Å². The van der Waals surface area contributed by atoms with Gasteiger partial charge in [-0.25, -0.2) is 0 Å². The van der Waals surface area contributed by atoms with Crippen LogP contribution >= 0.6 is 0 Å². The molecule has 1 aromatic carbocycles. The van der Waals surface area contributed by atoms with Gasteiger partial charge in [-0.15, -0.1) is 0 Å². The average Bonchev–Trinajstić information content (AvgIpc) is 3.39. The van der Waals surface area contributed by atoms with Gasteiger partial charge >= 0.3 is 0 Å². The average molecular weight is 1080 g/mol. The van der Waals surface area contributed by atoms with Crippen LogP contribution < -0.4 is 16.0 Å². The molecule has 2 unspecified atom stereocenters. The summed E-state index contributed by atoms with van der Waals surface area (Å²) in [5, 5.41) is 19.0. The summed E-state index contributed by atoms with van der Waals surface area (Å²) in [6.07, 6.45) is 0.771. The number of hydrogen-bond donors (Lipinski definition) is 4. The Bertz CT molecular complexity index is 2250. The van der Waals surface area contributed by atoms with Crippen molar-refractivity contribution >= 4 is 59.1 Å². The molecule has 0 aliphatic carbocycles. The van der Waals surface area contributed by atoms with Crippen LogP contribution in [0.15, 0.2) is 30.3 Å². The Morgan fingerprint density at radius 1 is 0.571 bits per heavy atom. The van der Waals surface area contributed by atoms with Gasteiger partial charge in [0, 0.05) is 61.8 Å². The first kappa shape index (κ1) is 65.1. The minimum absolute atomic E-state index is 0.0132. The fourth-order valence-electron chi connectivity index (χ4n) is 9.27. The molecule has 0 saturated carbocycles. The smallest absolute Gasteiger partial charge is 0.255 e. The molecule has 2 aliphatic rings. The molecular formula is C55H90N10O12. The predicted octanol–water partition coefficient (Wildman–Crippen LogP) is 1.02. The first-order valence-electron chi connectivity index (χ1n) is 26.9. The van der Waals surface area contributed by atoms with Gasteiger partial charge in [-0.3, -0.25) is 47.9 Å². The molecule has 22 heteroatoms. The molecule has 0 bridgehead atoms. The lowest BCUT2D eigenvalue weighted by molar-refractivity contribution is -0.155. The third-order valence-corrected chi connectivity index (χ3v) is 14.7. The molecule has 0 radical (unpaired) electrons. The number of aliphatic hydroxyl groups is 1. The third kappa shape index (κ3) is 17.4. The van der Waals surface area contributed by atoms with Gasteiger partial charge in [0.2, 0.25) is 47.3 Å². The molecule has 2 aliphatic heterocycles. The number of nitrogens with one attached hydrogen (secondary N) is 3. The maximum absolute atomic E-state index is 15.0. The maximum Gasteiger partial charge on any atom is 0.255 e. The summed E-state index contributed by atoms with van der Waals surface area (Å²) in [5.41, 5.74) is -0.176. The summed E-state index contributed by atoms with van der Waals surface area (Å²) in [6.45, 7) is 18.3. The second-order valence-electron chi connectivity index (χ2n) is 22.8. The lowest BCUT2D eigenvalue weighted by Gasteiger charge is -2.38. The van der Waals surface area contributed by atoms with Crippen molar-refractivity contribution in [1.29, 1.82) is 0 Å². The largest absolute Gasteiger partial charge is 0.391 e. The van der Waals surface area contributed by atoms with E-state index in [1.807, 2.05) is 27.7 Å². The fourth-order valence-corrected chi connectivity index (χ4v) is 9.27. The van der Waals surface area contributed by atoms with Gasteiger partial charge in [0.15, 0.2) is 6.04 Å². The van der Waals surface area contributed by atoms with E-state index < -0.39 is 132 Å². The highest BCUT2D eigenvalue weighted by molar-refractivity contribution is 6.09. The number of carbonyl (C=O) groups excluding carboxylic acids is 10. The summed E-state index contributed by atoms with van der Waals surface area (Å²) in [4.78, 5) is 154. The Morgan fingerprint density at radius 3 is 1.47 bits per heavy atom. The van der Waals surface area contributed by atoms with Crippen LogP contribution in [0.4, 0.5) is 0 Å². The Balaban J connectivity index is 2.31. The molecular weight excluding hydrogens is 993 g/mol.